The molecule has 5 nitrogen and oxygen atoms in total. The minimum atomic E-state index is -0.845. The van der Waals surface area contributed by atoms with Crippen LogP contribution in [0.25, 0.3) is 0 Å². The van der Waals surface area contributed by atoms with Gasteiger partial charge in [0.2, 0.25) is 0 Å². The molecule has 0 amide bonds. The van der Waals surface area contributed by atoms with Gasteiger partial charge in [-0.2, -0.15) is 0 Å². The average Bonchev–Trinajstić information content (AvgIpc) is 2.69. The van der Waals surface area contributed by atoms with Gasteiger partial charge in [-0.1, -0.05) is 0 Å². The zero-order chi connectivity index (χ0) is 9.97. The van der Waals surface area contributed by atoms with E-state index in [-0.39, 0.29) is 24.7 Å². The van der Waals surface area contributed by atoms with Crippen LogP contribution in [0, 0.1) is 5.92 Å². The molecule has 0 saturated carbocycles. The average molecular weight is 202 g/mol. The Morgan fingerprint density at radius 3 is 2.93 bits per heavy atom. The number of ether oxygens (including phenoxy) is 3. The fraction of sp³-hybridized carbons (Fsp3) is 0.889. The van der Waals surface area contributed by atoms with Crippen molar-refractivity contribution < 1.29 is 24.1 Å². The topological polar surface area (TPSA) is 65.0 Å². The first kappa shape index (κ1) is 9.89. The highest BCUT2D eigenvalue weighted by Crippen LogP contribution is 2.26. The summed E-state index contributed by atoms with van der Waals surface area (Å²) >= 11 is 0. The van der Waals surface area contributed by atoms with Gasteiger partial charge < -0.3 is 19.3 Å². The molecular weight excluding hydrogens is 188 g/mol. The fourth-order valence-electron chi connectivity index (χ4n) is 1.79. The highest BCUT2D eigenvalue weighted by Gasteiger charge is 2.35. The molecule has 0 radical (unpaired) electrons. The van der Waals surface area contributed by atoms with E-state index in [0.717, 1.165) is 13.0 Å². The van der Waals surface area contributed by atoms with Crippen molar-refractivity contribution in [3.63, 3.8) is 0 Å². The summed E-state index contributed by atoms with van der Waals surface area (Å²) < 4.78 is 16.1. The molecule has 2 fully saturated rings. The largest absolute Gasteiger partial charge is 0.481 e. The van der Waals surface area contributed by atoms with Crippen LogP contribution in [0.4, 0.5) is 0 Å². The van der Waals surface area contributed by atoms with Crippen LogP contribution in [0.2, 0.25) is 0 Å². The van der Waals surface area contributed by atoms with Gasteiger partial charge in [-0.15, -0.1) is 0 Å². The Morgan fingerprint density at radius 1 is 1.43 bits per heavy atom. The molecule has 1 N–H and O–H groups in total. The van der Waals surface area contributed by atoms with Crippen LogP contribution in [-0.4, -0.2) is 43.3 Å². The van der Waals surface area contributed by atoms with Crippen molar-refractivity contribution in [1.29, 1.82) is 0 Å². The van der Waals surface area contributed by atoms with Crippen LogP contribution < -0.4 is 0 Å². The van der Waals surface area contributed by atoms with Gasteiger partial charge in [-0.3, -0.25) is 4.79 Å². The molecule has 2 rings (SSSR count). The molecule has 0 spiro atoms. The third kappa shape index (κ3) is 2.23. The van der Waals surface area contributed by atoms with E-state index in [9.17, 15) is 4.79 Å². The minimum absolute atomic E-state index is 0.0179. The highest BCUT2D eigenvalue weighted by atomic mass is 16.7. The van der Waals surface area contributed by atoms with Crippen molar-refractivity contribution in [1.82, 2.24) is 0 Å². The number of hydrogen-bond donors (Lipinski definition) is 1. The van der Waals surface area contributed by atoms with E-state index < -0.39 is 5.97 Å². The summed E-state index contributed by atoms with van der Waals surface area (Å²) in [6.45, 7) is 1.79. The number of hydrogen-bond acceptors (Lipinski definition) is 4. The number of rotatable bonds is 3. The maximum Gasteiger partial charge on any atom is 0.306 e. The molecule has 0 aromatic rings. The SMILES string of the molecule is O=C(O)CC1COC(C2CCOC2)O1. The van der Waals surface area contributed by atoms with E-state index in [0.29, 0.717) is 13.2 Å². The Morgan fingerprint density at radius 2 is 2.29 bits per heavy atom. The number of carbonyl (C=O) groups is 1. The summed E-state index contributed by atoms with van der Waals surface area (Å²) in [4.78, 5) is 10.4. The summed E-state index contributed by atoms with van der Waals surface area (Å²) in [6.07, 6.45) is 0.397. The summed E-state index contributed by atoms with van der Waals surface area (Å²) in [7, 11) is 0. The molecule has 0 aromatic heterocycles. The number of aliphatic carboxylic acids is 1. The monoisotopic (exact) mass is 202 g/mol. The Balaban J connectivity index is 1.78. The Bertz CT molecular complexity index is 211. The Kier molecular flexibility index (Phi) is 3.00. The van der Waals surface area contributed by atoms with Gasteiger partial charge >= 0.3 is 5.97 Å². The molecule has 3 atom stereocenters. The van der Waals surface area contributed by atoms with Gasteiger partial charge in [0.1, 0.15) is 0 Å². The van der Waals surface area contributed by atoms with Gasteiger partial charge in [0, 0.05) is 12.5 Å². The van der Waals surface area contributed by atoms with Gasteiger partial charge in [0.05, 0.1) is 25.7 Å². The van der Waals surface area contributed by atoms with Crippen LogP contribution >= 0.6 is 0 Å². The van der Waals surface area contributed by atoms with Crippen molar-refractivity contribution in [3.8, 4) is 0 Å². The molecule has 5 heteroatoms. The van der Waals surface area contributed by atoms with E-state index in [1.165, 1.54) is 0 Å². The number of carboxylic acids is 1. The summed E-state index contributed by atoms with van der Waals surface area (Å²) in [5.41, 5.74) is 0. The second-order valence-corrected chi connectivity index (χ2v) is 3.68. The second-order valence-electron chi connectivity index (χ2n) is 3.68. The first-order valence-electron chi connectivity index (χ1n) is 4.82. The lowest BCUT2D eigenvalue weighted by molar-refractivity contribution is -0.141. The highest BCUT2D eigenvalue weighted by molar-refractivity contribution is 5.67. The van der Waals surface area contributed by atoms with E-state index >= 15 is 0 Å². The molecular formula is C9H14O5. The molecule has 2 aliphatic rings. The molecule has 2 heterocycles. The van der Waals surface area contributed by atoms with E-state index in [2.05, 4.69) is 0 Å². The van der Waals surface area contributed by atoms with Crippen LogP contribution in [0.3, 0.4) is 0 Å². The molecule has 3 unspecified atom stereocenters. The maximum atomic E-state index is 10.4. The number of carboxylic acid groups (broad SMARTS) is 1. The lowest BCUT2D eigenvalue weighted by atomic mass is 10.1. The first-order valence-corrected chi connectivity index (χ1v) is 4.82. The van der Waals surface area contributed by atoms with Crippen LogP contribution in [-0.2, 0) is 19.0 Å². The quantitative estimate of drug-likeness (QED) is 0.710. The molecule has 0 bridgehead atoms. The summed E-state index contributed by atoms with van der Waals surface area (Å²) in [5.74, 6) is -0.573. The van der Waals surface area contributed by atoms with Crippen LogP contribution in [0.5, 0.6) is 0 Å². The summed E-state index contributed by atoms with van der Waals surface area (Å²) in [5, 5.41) is 8.57. The zero-order valence-corrected chi connectivity index (χ0v) is 7.85. The lowest BCUT2D eigenvalue weighted by Crippen LogP contribution is -2.23. The molecule has 80 valence electrons. The first-order chi connectivity index (χ1) is 6.75. The Labute approximate surface area is 81.9 Å². The molecule has 2 saturated heterocycles. The minimum Gasteiger partial charge on any atom is -0.481 e. The smallest absolute Gasteiger partial charge is 0.306 e. The van der Waals surface area contributed by atoms with Crippen molar-refractivity contribution >= 4 is 5.97 Å². The molecule has 2 aliphatic heterocycles. The van der Waals surface area contributed by atoms with Crippen LogP contribution in [0.1, 0.15) is 12.8 Å². The Hall–Kier alpha value is -0.650. The normalized spacial score (nSPS) is 37.6. The fourth-order valence-corrected chi connectivity index (χ4v) is 1.79. The van der Waals surface area contributed by atoms with Crippen molar-refractivity contribution in [2.24, 2.45) is 5.92 Å². The van der Waals surface area contributed by atoms with Gasteiger partial charge in [0.25, 0.3) is 0 Å². The maximum absolute atomic E-state index is 10.4. The van der Waals surface area contributed by atoms with Crippen molar-refractivity contribution in [2.45, 2.75) is 25.2 Å². The van der Waals surface area contributed by atoms with Gasteiger partial charge in [-0.25, -0.2) is 0 Å². The molecule has 0 aromatic carbocycles. The van der Waals surface area contributed by atoms with E-state index in [4.69, 9.17) is 19.3 Å². The van der Waals surface area contributed by atoms with Gasteiger partial charge in [0.15, 0.2) is 6.29 Å². The summed E-state index contributed by atoms with van der Waals surface area (Å²) in [6, 6.07) is 0. The third-order valence-corrected chi connectivity index (χ3v) is 2.53. The zero-order valence-electron chi connectivity index (χ0n) is 7.85. The standard InChI is InChI=1S/C9H14O5/c10-8(11)3-7-5-13-9(14-7)6-1-2-12-4-6/h6-7,9H,1-5H2,(H,10,11). The van der Waals surface area contributed by atoms with Crippen LogP contribution in [0.15, 0.2) is 0 Å². The van der Waals surface area contributed by atoms with Gasteiger partial charge in [-0.05, 0) is 6.42 Å². The van der Waals surface area contributed by atoms with E-state index in [1.54, 1.807) is 0 Å². The predicted molar refractivity (Wildman–Crippen MR) is 45.8 cm³/mol. The lowest BCUT2D eigenvalue weighted by Gasteiger charge is -2.15. The molecule has 0 aliphatic carbocycles. The van der Waals surface area contributed by atoms with Crippen molar-refractivity contribution in [2.75, 3.05) is 19.8 Å². The van der Waals surface area contributed by atoms with Crippen molar-refractivity contribution in [3.05, 3.63) is 0 Å². The second kappa shape index (κ2) is 4.25. The predicted octanol–water partition coefficient (Wildman–Crippen LogP) is 0.239. The third-order valence-electron chi connectivity index (χ3n) is 2.53. The van der Waals surface area contributed by atoms with E-state index in [1.807, 2.05) is 0 Å². The molecule has 14 heavy (non-hydrogen) atoms.